The minimum atomic E-state index is -0.985. The van der Waals surface area contributed by atoms with Gasteiger partial charge < -0.3 is 10.6 Å². The molecule has 0 fully saturated rings. The number of anilines is 2. The number of hydrogen-bond donors (Lipinski definition) is 2. The topological polar surface area (TPSA) is 101 Å². The normalized spacial score (nSPS) is 10.2. The number of nitrogens with zero attached hydrogens (tertiary/aromatic N) is 1. The van der Waals surface area contributed by atoms with E-state index >= 15 is 0 Å². The summed E-state index contributed by atoms with van der Waals surface area (Å²) in [4.78, 5) is 34.3. The van der Waals surface area contributed by atoms with E-state index in [4.69, 9.17) is 0 Å². The first-order chi connectivity index (χ1) is 13.4. The molecule has 2 N–H and O–H groups in total. The van der Waals surface area contributed by atoms with Crippen molar-refractivity contribution in [1.29, 1.82) is 0 Å². The molecule has 0 heterocycles. The average Bonchev–Trinajstić information content (AvgIpc) is 2.70. The van der Waals surface area contributed by atoms with Gasteiger partial charge in [0.2, 0.25) is 5.82 Å². The maximum absolute atomic E-state index is 13.4. The van der Waals surface area contributed by atoms with Crippen LogP contribution in [0.4, 0.5) is 21.5 Å². The standard InChI is InChI=1S/C20H14FN3O4/c21-17-11-10-16(12-18(17)24(27)28)23-20(26)14-6-8-15(9-7-14)22-19(25)13-4-2-1-3-5-13/h1-12H,(H,22,25)(H,23,26). The van der Waals surface area contributed by atoms with Crippen molar-refractivity contribution in [3.63, 3.8) is 0 Å². The van der Waals surface area contributed by atoms with Crippen LogP contribution in [0.25, 0.3) is 0 Å². The Morgan fingerprint density at radius 2 is 1.32 bits per heavy atom. The largest absolute Gasteiger partial charge is 0.322 e. The summed E-state index contributed by atoms with van der Waals surface area (Å²) in [7, 11) is 0. The van der Waals surface area contributed by atoms with E-state index in [-0.39, 0.29) is 17.2 Å². The average molecular weight is 379 g/mol. The van der Waals surface area contributed by atoms with Crippen molar-refractivity contribution in [2.75, 3.05) is 10.6 Å². The molecule has 3 rings (SSSR count). The second-order valence-corrected chi connectivity index (χ2v) is 5.77. The highest BCUT2D eigenvalue weighted by molar-refractivity contribution is 6.06. The zero-order valence-corrected chi connectivity index (χ0v) is 14.4. The van der Waals surface area contributed by atoms with Gasteiger partial charge in [-0.1, -0.05) is 18.2 Å². The molecule has 2 amide bonds. The second kappa shape index (κ2) is 8.09. The fourth-order valence-corrected chi connectivity index (χ4v) is 2.43. The molecule has 28 heavy (non-hydrogen) atoms. The number of nitro benzene ring substituents is 1. The maximum atomic E-state index is 13.4. The molecule has 7 nitrogen and oxygen atoms in total. The third-order valence-electron chi connectivity index (χ3n) is 3.84. The molecule has 0 radical (unpaired) electrons. The molecule has 0 aliphatic carbocycles. The van der Waals surface area contributed by atoms with E-state index in [0.29, 0.717) is 11.3 Å². The number of amides is 2. The van der Waals surface area contributed by atoms with Crippen molar-refractivity contribution in [3.8, 4) is 0 Å². The fourth-order valence-electron chi connectivity index (χ4n) is 2.43. The van der Waals surface area contributed by atoms with Gasteiger partial charge in [-0.15, -0.1) is 0 Å². The molecule has 3 aromatic carbocycles. The van der Waals surface area contributed by atoms with E-state index < -0.39 is 22.3 Å². The van der Waals surface area contributed by atoms with E-state index in [1.807, 2.05) is 0 Å². The van der Waals surface area contributed by atoms with E-state index in [9.17, 15) is 24.1 Å². The van der Waals surface area contributed by atoms with Gasteiger partial charge in [-0.25, -0.2) is 0 Å². The molecule has 0 aliphatic heterocycles. The van der Waals surface area contributed by atoms with Gasteiger partial charge in [0.1, 0.15) is 0 Å². The van der Waals surface area contributed by atoms with Crippen molar-refractivity contribution in [3.05, 3.63) is 99.9 Å². The number of carbonyl (C=O) groups excluding carboxylic acids is 2. The predicted molar refractivity (Wildman–Crippen MR) is 102 cm³/mol. The Hall–Kier alpha value is -4.07. The lowest BCUT2D eigenvalue weighted by Gasteiger charge is -2.08. The maximum Gasteiger partial charge on any atom is 0.306 e. The molecule has 0 spiro atoms. The summed E-state index contributed by atoms with van der Waals surface area (Å²) in [6.07, 6.45) is 0. The van der Waals surface area contributed by atoms with Crippen molar-refractivity contribution in [2.24, 2.45) is 0 Å². The van der Waals surface area contributed by atoms with Crippen molar-refractivity contribution < 1.29 is 18.9 Å². The van der Waals surface area contributed by atoms with Gasteiger partial charge in [-0.05, 0) is 48.5 Å². The lowest BCUT2D eigenvalue weighted by molar-refractivity contribution is -0.387. The van der Waals surface area contributed by atoms with Gasteiger partial charge >= 0.3 is 5.69 Å². The predicted octanol–water partition coefficient (Wildman–Crippen LogP) is 4.24. The molecule has 8 heteroatoms. The first-order valence-electron chi connectivity index (χ1n) is 8.16. The van der Waals surface area contributed by atoms with Crippen LogP contribution >= 0.6 is 0 Å². The number of rotatable bonds is 5. The van der Waals surface area contributed by atoms with Crippen LogP contribution in [-0.2, 0) is 0 Å². The number of nitro groups is 1. The molecule has 0 aromatic heterocycles. The molecule has 3 aromatic rings. The molecular formula is C20H14FN3O4. The van der Waals surface area contributed by atoms with Crippen LogP contribution in [-0.4, -0.2) is 16.7 Å². The Balaban J connectivity index is 1.68. The third-order valence-corrected chi connectivity index (χ3v) is 3.84. The molecule has 140 valence electrons. The highest BCUT2D eigenvalue weighted by atomic mass is 19.1. The zero-order valence-electron chi connectivity index (χ0n) is 14.4. The van der Waals surface area contributed by atoms with Gasteiger partial charge in [0.15, 0.2) is 0 Å². The third kappa shape index (κ3) is 4.36. The highest BCUT2D eigenvalue weighted by Crippen LogP contribution is 2.22. The van der Waals surface area contributed by atoms with Crippen LogP contribution in [0.1, 0.15) is 20.7 Å². The van der Waals surface area contributed by atoms with E-state index in [1.54, 1.807) is 42.5 Å². The molecular weight excluding hydrogens is 365 g/mol. The first kappa shape index (κ1) is 18.7. The van der Waals surface area contributed by atoms with Gasteiger partial charge in [-0.2, -0.15) is 4.39 Å². The van der Waals surface area contributed by atoms with Crippen LogP contribution < -0.4 is 10.6 Å². The monoisotopic (exact) mass is 379 g/mol. The van der Waals surface area contributed by atoms with Crippen LogP contribution in [0, 0.1) is 15.9 Å². The molecule has 0 unspecified atom stereocenters. The van der Waals surface area contributed by atoms with Crippen LogP contribution in [0.3, 0.4) is 0 Å². The number of halogens is 1. The summed E-state index contributed by atoms with van der Waals surface area (Å²) in [5.74, 6) is -1.79. The van der Waals surface area contributed by atoms with E-state index in [0.717, 1.165) is 12.1 Å². The first-order valence-corrected chi connectivity index (χ1v) is 8.16. The highest BCUT2D eigenvalue weighted by Gasteiger charge is 2.16. The SMILES string of the molecule is O=C(Nc1ccc(C(=O)Nc2ccc(F)c([N+](=O)[O-])c2)cc1)c1ccccc1. The van der Waals surface area contributed by atoms with Crippen molar-refractivity contribution in [2.45, 2.75) is 0 Å². The molecule has 0 bridgehead atoms. The van der Waals surface area contributed by atoms with E-state index in [1.165, 1.54) is 18.2 Å². The Labute approximate surface area is 159 Å². The Kier molecular flexibility index (Phi) is 5.40. The quantitative estimate of drug-likeness (QED) is 0.511. The number of benzene rings is 3. The lowest BCUT2D eigenvalue weighted by atomic mass is 10.1. The summed E-state index contributed by atoms with van der Waals surface area (Å²) in [5, 5.41) is 16.0. The summed E-state index contributed by atoms with van der Waals surface area (Å²) in [6, 6.07) is 17.9. The molecule has 0 saturated heterocycles. The summed E-state index contributed by atoms with van der Waals surface area (Å²) >= 11 is 0. The zero-order chi connectivity index (χ0) is 20.1. The van der Waals surface area contributed by atoms with Crippen LogP contribution in [0.5, 0.6) is 0 Å². The van der Waals surface area contributed by atoms with Gasteiger partial charge in [0.05, 0.1) is 4.92 Å². The molecule has 0 aliphatic rings. The van der Waals surface area contributed by atoms with Crippen LogP contribution in [0.15, 0.2) is 72.8 Å². The van der Waals surface area contributed by atoms with Gasteiger partial charge in [0.25, 0.3) is 11.8 Å². The Morgan fingerprint density at radius 1 is 0.786 bits per heavy atom. The summed E-state index contributed by atoms with van der Waals surface area (Å²) in [6.45, 7) is 0. The molecule has 0 atom stereocenters. The van der Waals surface area contributed by atoms with Gasteiger partial charge in [0, 0.05) is 28.6 Å². The van der Waals surface area contributed by atoms with Gasteiger partial charge in [-0.3, -0.25) is 19.7 Å². The molecule has 0 saturated carbocycles. The minimum Gasteiger partial charge on any atom is -0.322 e. The lowest BCUT2D eigenvalue weighted by Crippen LogP contribution is -2.13. The van der Waals surface area contributed by atoms with Crippen LogP contribution in [0.2, 0.25) is 0 Å². The Morgan fingerprint density at radius 3 is 1.93 bits per heavy atom. The smallest absolute Gasteiger partial charge is 0.306 e. The number of nitrogens with one attached hydrogen (secondary N) is 2. The fraction of sp³-hybridized carbons (Fsp3) is 0. The summed E-state index contributed by atoms with van der Waals surface area (Å²) in [5.41, 5.74) is 0.645. The minimum absolute atomic E-state index is 0.0968. The number of carbonyl (C=O) groups is 2. The van der Waals surface area contributed by atoms with E-state index in [2.05, 4.69) is 10.6 Å². The second-order valence-electron chi connectivity index (χ2n) is 5.77. The Bertz CT molecular complexity index is 1040. The van der Waals surface area contributed by atoms with Crippen molar-refractivity contribution in [1.82, 2.24) is 0 Å². The number of hydrogen-bond acceptors (Lipinski definition) is 4. The van der Waals surface area contributed by atoms with Crippen molar-refractivity contribution >= 4 is 28.9 Å². The summed E-state index contributed by atoms with van der Waals surface area (Å²) < 4.78 is 13.4.